The molecule has 0 atom stereocenters. The van der Waals surface area contributed by atoms with Gasteiger partial charge in [-0.1, -0.05) is 73.8 Å². The second-order valence-corrected chi connectivity index (χ2v) is 7.67. The van der Waals surface area contributed by atoms with E-state index < -0.39 is 0 Å². The Balaban J connectivity index is 1.86. The van der Waals surface area contributed by atoms with Gasteiger partial charge in [0.2, 0.25) is 0 Å². The van der Waals surface area contributed by atoms with Crippen LogP contribution in [0.5, 0.6) is 0 Å². The molecule has 0 unspecified atom stereocenters. The molecule has 0 aliphatic rings. The van der Waals surface area contributed by atoms with Crippen LogP contribution in [0.2, 0.25) is 5.02 Å². The number of nitrogens with zero attached hydrogens (tertiary/aromatic N) is 3. The van der Waals surface area contributed by atoms with E-state index in [-0.39, 0.29) is 0 Å². The summed E-state index contributed by atoms with van der Waals surface area (Å²) in [5, 5.41) is 9.10. The maximum atomic E-state index is 6.10. The zero-order valence-corrected chi connectivity index (χ0v) is 17.6. The Bertz CT molecular complexity index is 1100. The van der Waals surface area contributed by atoms with Crippen LogP contribution in [0.1, 0.15) is 31.9 Å². The van der Waals surface area contributed by atoms with Gasteiger partial charge in [0.05, 0.1) is 11.4 Å². The largest absolute Gasteiger partial charge is 0.370 e. The van der Waals surface area contributed by atoms with E-state index in [1.54, 1.807) is 0 Å². The molecule has 2 heterocycles. The normalized spacial score (nSPS) is 11.1. The van der Waals surface area contributed by atoms with Crippen molar-refractivity contribution >= 4 is 23.1 Å². The second kappa shape index (κ2) is 8.66. The highest BCUT2D eigenvalue weighted by Gasteiger charge is 2.17. The van der Waals surface area contributed by atoms with Crippen LogP contribution >= 0.6 is 11.6 Å². The fraction of sp³-hybridized carbons (Fsp3) is 0.250. The lowest BCUT2D eigenvalue weighted by atomic mass is 10.1. The van der Waals surface area contributed by atoms with Crippen molar-refractivity contribution < 1.29 is 0 Å². The van der Waals surface area contributed by atoms with Crippen molar-refractivity contribution in [2.24, 2.45) is 0 Å². The lowest BCUT2D eigenvalue weighted by Gasteiger charge is -2.11. The van der Waals surface area contributed by atoms with E-state index in [0.717, 1.165) is 57.5 Å². The Morgan fingerprint density at radius 2 is 1.72 bits per heavy atom. The first-order chi connectivity index (χ1) is 14.2. The summed E-state index contributed by atoms with van der Waals surface area (Å²) in [5.74, 6) is 0.966. The highest BCUT2D eigenvalue weighted by atomic mass is 35.5. The number of unbranched alkanes of at least 4 members (excludes halogenated alkanes) is 2. The van der Waals surface area contributed by atoms with Crippen molar-refractivity contribution in [1.82, 2.24) is 14.6 Å². The molecule has 0 amide bonds. The Hall–Kier alpha value is -2.85. The van der Waals surface area contributed by atoms with Gasteiger partial charge in [-0.2, -0.15) is 9.61 Å². The van der Waals surface area contributed by atoms with Crippen LogP contribution in [0, 0.1) is 6.92 Å². The summed E-state index contributed by atoms with van der Waals surface area (Å²) in [6.45, 7) is 5.16. The number of anilines is 1. The maximum Gasteiger partial charge on any atom is 0.166 e. The minimum atomic E-state index is 0.721. The molecule has 4 aromatic rings. The fourth-order valence-electron chi connectivity index (χ4n) is 3.55. The predicted molar refractivity (Wildman–Crippen MR) is 122 cm³/mol. The standard InChI is InChI=1S/C24H25ClN4/c1-3-4-8-15-26-22-16-21(18-9-6-5-7-10-18)27-24-23(17(2)28-29(22)24)19-11-13-20(25)14-12-19/h5-7,9-14,16,26H,3-4,8,15H2,1-2H3. The van der Waals surface area contributed by atoms with Crippen LogP contribution < -0.4 is 5.32 Å². The molecule has 0 radical (unpaired) electrons. The molecule has 0 bridgehead atoms. The molecule has 0 saturated heterocycles. The molecule has 148 valence electrons. The summed E-state index contributed by atoms with van der Waals surface area (Å²) in [6, 6.07) is 20.2. The van der Waals surface area contributed by atoms with E-state index in [1.165, 1.54) is 12.8 Å². The van der Waals surface area contributed by atoms with Crippen molar-refractivity contribution in [3.8, 4) is 22.4 Å². The first-order valence-electron chi connectivity index (χ1n) is 10.1. The van der Waals surface area contributed by atoms with Crippen LogP contribution in [0.25, 0.3) is 28.0 Å². The number of nitrogens with one attached hydrogen (secondary N) is 1. The summed E-state index contributed by atoms with van der Waals surface area (Å²) >= 11 is 6.10. The lowest BCUT2D eigenvalue weighted by Crippen LogP contribution is -2.08. The molecule has 0 aliphatic heterocycles. The van der Waals surface area contributed by atoms with Crippen LogP contribution in [0.3, 0.4) is 0 Å². The summed E-state index contributed by atoms with van der Waals surface area (Å²) in [5.41, 5.74) is 5.93. The third-order valence-corrected chi connectivity index (χ3v) is 5.30. The number of fused-ring (bicyclic) bond motifs is 1. The molecule has 0 saturated carbocycles. The Kier molecular flexibility index (Phi) is 5.81. The second-order valence-electron chi connectivity index (χ2n) is 7.23. The van der Waals surface area contributed by atoms with Gasteiger partial charge in [0.25, 0.3) is 0 Å². The fourth-order valence-corrected chi connectivity index (χ4v) is 3.68. The monoisotopic (exact) mass is 404 g/mol. The average molecular weight is 405 g/mol. The Morgan fingerprint density at radius 3 is 2.45 bits per heavy atom. The van der Waals surface area contributed by atoms with Gasteiger partial charge in [-0.25, -0.2) is 4.98 Å². The number of hydrogen-bond acceptors (Lipinski definition) is 3. The average Bonchev–Trinajstić information content (AvgIpc) is 3.08. The van der Waals surface area contributed by atoms with Crippen LogP contribution in [-0.2, 0) is 0 Å². The quantitative estimate of drug-likeness (QED) is 0.351. The number of aromatic nitrogens is 3. The Labute approximate surface area is 176 Å². The van der Waals surface area contributed by atoms with Gasteiger partial charge in [-0.15, -0.1) is 0 Å². The van der Waals surface area contributed by atoms with Gasteiger partial charge in [-0.05, 0) is 31.0 Å². The predicted octanol–water partition coefficient (Wildman–Crippen LogP) is 6.63. The van der Waals surface area contributed by atoms with Crippen molar-refractivity contribution in [2.45, 2.75) is 33.1 Å². The molecule has 0 spiro atoms. The highest BCUT2D eigenvalue weighted by molar-refractivity contribution is 6.30. The van der Waals surface area contributed by atoms with Crippen LogP contribution in [0.4, 0.5) is 5.82 Å². The minimum Gasteiger partial charge on any atom is -0.370 e. The van der Waals surface area contributed by atoms with E-state index in [0.29, 0.717) is 0 Å². The minimum absolute atomic E-state index is 0.721. The molecule has 0 aliphatic carbocycles. The molecule has 4 rings (SSSR count). The van der Waals surface area contributed by atoms with Gasteiger partial charge < -0.3 is 5.32 Å². The first kappa shape index (κ1) is 19.5. The number of aryl methyl sites for hydroxylation is 1. The van der Waals surface area contributed by atoms with E-state index >= 15 is 0 Å². The van der Waals surface area contributed by atoms with E-state index in [9.17, 15) is 0 Å². The van der Waals surface area contributed by atoms with E-state index in [2.05, 4.69) is 30.4 Å². The molecule has 29 heavy (non-hydrogen) atoms. The SMILES string of the molecule is CCCCCNc1cc(-c2ccccc2)nc2c(-c3ccc(Cl)cc3)c(C)nn12. The summed E-state index contributed by atoms with van der Waals surface area (Å²) < 4.78 is 1.93. The molecule has 4 nitrogen and oxygen atoms in total. The van der Waals surface area contributed by atoms with Gasteiger partial charge in [0, 0.05) is 28.8 Å². The number of benzene rings is 2. The lowest BCUT2D eigenvalue weighted by molar-refractivity contribution is 0.739. The van der Waals surface area contributed by atoms with Crippen LogP contribution in [-0.4, -0.2) is 21.1 Å². The smallest absolute Gasteiger partial charge is 0.166 e. The topological polar surface area (TPSA) is 42.2 Å². The zero-order valence-electron chi connectivity index (χ0n) is 16.8. The summed E-state index contributed by atoms with van der Waals surface area (Å²) in [7, 11) is 0. The van der Waals surface area contributed by atoms with Gasteiger partial charge >= 0.3 is 0 Å². The van der Waals surface area contributed by atoms with Gasteiger partial charge in [-0.3, -0.25) is 0 Å². The first-order valence-corrected chi connectivity index (χ1v) is 10.5. The molecule has 2 aromatic carbocycles. The van der Waals surface area contributed by atoms with E-state index in [1.807, 2.05) is 53.9 Å². The van der Waals surface area contributed by atoms with Crippen LogP contribution in [0.15, 0.2) is 60.7 Å². The molecule has 2 aromatic heterocycles. The third-order valence-electron chi connectivity index (χ3n) is 5.05. The van der Waals surface area contributed by atoms with Crippen molar-refractivity contribution in [3.63, 3.8) is 0 Å². The molecular weight excluding hydrogens is 380 g/mol. The third kappa shape index (κ3) is 4.13. The molecule has 1 N–H and O–H groups in total. The summed E-state index contributed by atoms with van der Waals surface area (Å²) in [4.78, 5) is 5.00. The van der Waals surface area contributed by atoms with Gasteiger partial charge in [0.15, 0.2) is 5.65 Å². The highest BCUT2D eigenvalue weighted by Crippen LogP contribution is 2.32. The molecule has 5 heteroatoms. The zero-order chi connectivity index (χ0) is 20.2. The van der Waals surface area contributed by atoms with E-state index in [4.69, 9.17) is 21.7 Å². The molecule has 0 fully saturated rings. The Morgan fingerprint density at radius 1 is 0.966 bits per heavy atom. The van der Waals surface area contributed by atoms with Crippen molar-refractivity contribution in [2.75, 3.05) is 11.9 Å². The maximum absolute atomic E-state index is 6.10. The number of hydrogen-bond donors (Lipinski definition) is 1. The molecular formula is C24H25ClN4. The number of rotatable bonds is 7. The van der Waals surface area contributed by atoms with Gasteiger partial charge in [0.1, 0.15) is 5.82 Å². The van der Waals surface area contributed by atoms with Crippen molar-refractivity contribution in [3.05, 3.63) is 71.4 Å². The van der Waals surface area contributed by atoms with Crippen molar-refractivity contribution in [1.29, 1.82) is 0 Å². The summed E-state index contributed by atoms with van der Waals surface area (Å²) in [6.07, 6.45) is 3.54. The number of halogens is 1.